The maximum atomic E-state index is 9.06. The summed E-state index contributed by atoms with van der Waals surface area (Å²) in [6, 6.07) is 15.1. The molecule has 0 atom stereocenters. The van der Waals surface area contributed by atoms with Crippen molar-refractivity contribution in [2.45, 2.75) is 9.79 Å². The van der Waals surface area contributed by atoms with Crippen LogP contribution in [0.15, 0.2) is 52.3 Å². The first-order valence-electron chi connectivity index (χ1n) is 4.92. The van der Waals surface area contributed by atoms with Crippen LogP contribution in [0.3, 0.4) is 0 Å². The fourth-order valence-corrected chi connectivity index (χ4v) is 2.66. The Labute approximate surface area is 109 Å². The van der Waals surface area contributed by atoms with Gasteiger partial charge in [0, 0.05) is 14.8 Å². The molecule has 0 unspecified atom stereocenters. The molecule has 0 aromatic heterocycles. The lowest BCUT2D eigenvalue weighted by atomic mass is 10.2. The predicted octanol–water partition coefficient (Wildman–Crippen LogP) is 3.95. The van der Waals surface area contributed by atoms with Crippen LogP contribution in [0.1, 0.15) is 5.56 Å². The molecule has 0 aliphatic heterocycles. The Kier molecular flexibility index (Phi) is 3.58. The second-order valence-corrected chi connectivity index (χ2v) is 4.94. The van der Waals surface area contributed by atoms with E-state index in [-0.39, 0.29) is 0 Å². The van der Waals surface area contributed by atoms with E-state index in [9.17, 15) is 0 Å². The van der Waals surface area contributed by atoms with Crippen LogP contribution in [-0.4, -0.2) is 0 Å². The number of hydrogen-bond donors (Lipinski definition) is 1. The van der Waals surface area contributed by atoms with Crippen LogP contribution in [0.5, 0.6) is 0 Å². The summed E-state index contributed by atoms with van der Waals surface area (Å²) in [5.41, 5.74) is 6.76. The lowest BCUT2D eigenvalue weighted by Gasteiger charge is -2.06. The molecule has 0 saturated carbocycles. The molecule has 4 heteroatoms. The van der Waals surface area contributed by atoms with Gasteiger partial charge in [-0.15, -0.1) is 0 Å². The summed E-state index contributed by atoms with van der Waals surface area (Å²) in [5.74, 6) is 0. The summed E-state index contributed by atoms with van der Waals surface area (Å²) in [7, 11) is 0. The largest absolute Gasteiger partial charge is 0.398 e. The summed E-state index contributed by atoms with van der Waals surface area (Å²) in [6.07, 6.45) is 0. The van der Waals surface area contributed by atoms with E-state index in [4.69, 9.17) is 22.6 Å². The van der Waals surface area contributed by atoms with E-state index in [0.717, 1.165) is 9.79 Å². The van der Waals surface area contributed by atoms with Gasteiger partial charge in [-0.3, -0.25) is 0 Å². The Balaban J connectivity index is 2.37. The van der Waals surface area contributed by atoms with Crippen LogP contribution in [0.4, 0.5) is 5.69 Å². The third-order valence-corrected chi connectivity index (χ3v) is 3.48. The summed E-state index contributed by atoms with van der Waals surface area (Å²) >= 11 is 7.39. The lowest BCUT2D eigenvalue weighted by molar-refractivity contribution is 1.35. The number of rotatable bonds is 2. The van der Waals surface area contributed by atoms with Crippen molar-refractivity contribution < 1.29 is 0 Å². The SMILES string of the molecule is N#Cc1c(N)cccc1Sc1cccc(Cl)c1. The molecule has 0 aliphatic rings. The zero-order valence-corrected chi connectivity index (χ0v) is 10.4. The molecule has 0 saturated heterocycles. The van der Waals surface area contributed by atoms with Gasteiger partial charge < -0.3 is 5.73 Å². The highest BCUT2D eigenvalue weighted by Gasteiger charge is 2.07. The van der Waals surface area contributed by atoms with Crippen LogP contribution in [-0.2, 0) is 0 Å². The smallest absolute Gasteiger partial charge is 0.102 e. The van der Waals surface area contributed by atoms with Crippen molar-refractivity contribution in [1.82, 2.24) is 0 Å². The molecule has 2 rings (SSSR count). The third-order valence-electron chi connectivity index (χ3n) is 2.19. The van der Waals surface area contributed by atoms with Gasteiger partial charge in [-0.2, -0.15) is 5.26 Å². The fraction of sp³-hybridized carbons (Fsp3) is 0. The van der Waals surface area contributed by atoms with Crippen molar-refractivity contribution in [3.63, 3.8) is 0 Å². The normalized spacial score (nSPS) is 9.88. The average molecular weight is 261 g/mol. The van der Waals surface area contributed by atoms with Gasteiger partial charge in [0.05, 0.1) is 11.3 Å². The second kappa shape index (κ2) is 5.13. The standard InChI is InChI=1S/C13H9ClN2S/c14-9-3-1-4-10(7-9)17-13-6-2-5-12(16)11(13)8-15/h1-7H,16H2. The molecule has 0 amide bonds. The van der Waals surface area contributed by atoms with Crippen molar-refractivity contribution >= 4 is 29.1 Å². The van der Waals surface area contributed by atoms with Crippen LogP contribution < -0.4 is 5.73 Å². The number of halogens is 1. The summed E-state index contributed by atoms with van der Waals surface area (Å²) in [5, 5.41) is 9.74. The number of nitriles is 1. The Hall–Kier alpha value is -1.63. The Morgan fingerprint density at radius 2 is 1.94 bits per heavy atom. The highest BCUT2D eigenvalue weighted by molar-refractivity contribution is 7.99. The Morgan fingerprint density at radius 3 is 2.65 bits per heavy atom. The van der Waals surface area contributed by atoms with Gasteiger partial charge in [-0.1, -0.05) is 35.5 Å². The van der Waals surface area contributed by atoms with Crippen molar-refractivity contribution in [3.8, 4) is 6.07 Å². The van der Waals surface area contributed by atoms with Crippen LogP contribution >= 0.6 is 23.4 Å². The quantitative estimate of drug-likeness (QED) is 0.832. The highest BCUT2D eigenvalue weighted by atomic mass is 35.5. The molecule has 84 valence electrons. The zero-order chi connectivity index (χ0) is 12.3. The minimum Gasteiger partial charge on any atom is -0.398 e. The summed E-state index contributed by atoms with van der Waals surface area (Å²) in [4.78, 5) is 1.83. The molecule has 2 aromatic carbocycles. The number of nitrogens with two attached hydrogens (primary N) is 1. The van der Waals surface area contributed by atoms with Gasteiger partial charge in [0.25, 0.3) is 0 Å². The molecule has 2 nitrogen and oxygen atoms in total. The van der Waals surface area contributed by atoms with E-state index in [1.54, 1.807) is 6.07 Å². The van der Waals surface area contributed by atoms with Gasteiger partial charge in [0.15, 0.2) is 0 Å². The average Bonchev–Trinajstić information content (AvgIpc) is 2.29. The van der Waals surface area contributed by atoms with Gasteiger partial charge >= 0.3 is 0 Å². The van der Waals surface area contributed by atoms with Gasteiger partial charge in [-0.25, -0.2) is 0 Å². The van der Waals surface area contributed by atoms with E-state index < -0.39 is 0 Å². The molecular weight excluding hydrogens is 252 g/mol. The van der Waals surface area contributed by atoms with Crippen molar-refractivity contribution in [1.29, 1.82) is 5.26 Å². The monoisotopic (exact) mass is 260 g/mol. The highest BCUT2D eigenvalue weighted by Crippen LogP contribution is 2.33. The molecule has 0 fully saturated rings. The molecule has 0 aliphatic carbocycles. The van der Waals surface area contributed by atoms with Crippen molar-refractivity contribution in [3.05, 3.63) is 53.1 Å². The molecule has 2 N–H and O–H groups in total. The summed E-state index contributed by atoms with van der Waals surface area (Å²) < 4.78 is 0. The second-order valence-electron chi connectivity index (χ2n) is 3.39. The fourth-order valence-electron chi connectivity index (χ4n) is 1.41. The van der Waals surface area contributed by atoms with Crippen LogP contribution in [0.25, 0.3) is 0 Å². The number of hydrogen-bond acceptors (Lipinski definition) is 3. The number of benzene rings is 2. The molecular formula is C13H9ClN2S. The maximum absolute atomic E-state index is 9.06. The van der Waals surface area contributed by atoms with Crippen LogP contribution in [0, 0.1) is 11.3 Å². The Morgan fingerprint density at radius 1 is 1.18 bits per heavy atom. The maximum Gasteiger partial charge on any atom is 0.102 e. The van der Waals surface area contributed by atoms with E-state index in [1.165, 1.54) is 11.8 Å². The predicted molar refractivity (Wildman–Crippen MR) is 71.1 cm³/mol. The summed E-state index contributed by atoms with van der Waals surface area (Å²) in [6.45, 7) is 0. The van der Waals surface area contributed by atoms with Gasteiger partial charge in [-0.05, 0) is 30.3 Å². The van der Waals surface area contributed by atoms with Gasteiger partial charge in [0.2, 0.25) is 0 Å². The van der Waals surface area contributed by atoms with E-state index in [1.807, 2.05) is 36.4 Å². The lowest BCUT2D eigenvalue weighted by Crippen LogP contribution is -1.91. The minimum absolute atomic E-state index is 0.500. The minimum atomic E-state index is 0.500. The zero-order valence-electron chi connectivity index (χ0n) is 8.85. The van der Waals surface area contributed by atoms with E-state index >= 15 is 0 Å². The number of anilines is 1. The van der Waals surface area contributed by atoms with E-state index in [2.05, 4.69) is 6.07 Å². The molecule has 17 heavy (non-hydrogen) atoms. The van der Waals surface area contributed by atoms with Crippen LogP contribution in [0.2, 0.25) is 5.02 Å². The Bertz CT molecular complexity index is 590. The topological polar surface area (TPSA) is 49.8 Å². The molecule has 0 bridgehead atoms. The van der Waals surface area contributed by atoms with E-state index in [0.29, 0.717) is 16.3 Å². The molecule has 2 aromatic rings. The van der Waals surface area contributed by atoms with Crippen molar-refractivity contribution in [2.75, 3.05) is 5.73 Å². The first-order chi connectivity index (χ1) is 8.20. The first-order valence-corrected chi connectivity index (χ1v) is 6.12. The molecule has 0 spiro atoms. The number of nitrogen functional groups attached to an aromatic ring is 1. The first kappa shape index (κ1) is 11.8. The third kappa shape index (κ3) is 2.73. The van der Waals surface area contributed by atoms with Gasteiger partial charge in [0.1, 0.15) is 6.07 Å². The van der Waals surface area contributed by atoms with Crippen molar-refractivity contribution in [2.24, 2.45) is 0 Å². The molecule has 0 heterocycles. The molecule has 0 radical (unpaired) electrons. The number of nitrogens with zero attached hydrogens (tertiary/aromatic N) is 1.